The van der Waals surface area contributed by atoms with Crippen molar-refractivity contribution >= 4 is 17.7 Å². The van der Waals surface area contributed by atoms with Gasteiger partial charge in [0.25, 0.3) is 0 Å². The van der Waals surface area contributed by atoms with E-state index >= 15 is 0 Å². The van der Waals surface area contributed by atoms with E-state index in [1.165, 1.54) is 11.8 Å². The fraction of sp³-hybridized carbons (Fsp3) is 0.467. The van der Waals surface area contributed by atoms with E-state index in [0.717, 1.165) is 12.8 Å². The SMILES string of the molecule is CCOC(=O)C(C#N)=C1CCCC1C(SC)=C(C#N)C#N. The maximum absolute atomic E-state index is 11.9. The van der Waals surface area contributed by atoms with Gasteiger partial charge in [-0.05, 0) is 38.0 Å². The van der Waals surface area contributed by atoms with Crippen LogP contribution in [0, 0.1) is 39.9 Å². The van der Waals surface area contributed by atoms with Gasteiger partial charge in [-0.1, -0.05) is 0 Å². The molecule has 6 heteroatoms. The molecule has 0 bridgehead atoms. The Morgan fingerprint density at radius 3 is 2.48 bits per heavy atom. The van der Waals surface area contributed by atoms with Crippen LogP contribution in [-0.2, 0) is 9.53 Å². The molecule has 1 fully saturated rings. The van der Waals surface area contributed by atoms with E-state index in [1.807, 2.05) is 18.2 Å². The van der Waals surface area contributed by atoms with Gasteiger partial charge in [-0.2, -0.15) is 15.8 Å². The number of nitriles is 3. The third kappa shape index (κ3) is 3.66. The lowest BCUT2D eigenvalue weighted by atomic mass is 9.95. The molecule has 1 unspecified atom stereocenters. The van der Waals surface area contributed by atoms with Gasteiger partial charge in [0.1, 0.15) is 29.4 Å². The third-order valence-corrected chi connectivity index (χ3v) is 4.21. The van der Waals surface area contributed by atoms with E-state index in [0.29, 0.717) is 16.9 Å². The zero-order valence-corrected chi connectivity index (χ0v) is 12.8. The predicted molar refractivity (Wildman–Crippen MR) is 78.4 cm³/mol. The smallest absolute Gasteiger partial charge is 0.348 e. The summed E-state index contributed by atoms with van der Waals surface area (Å²) in [5.74, 6) is -0.842. The summed E-state index contributed by atoms with van der Waals surface area (Å²) in [4.78, 5) is 12.5. The van der Waals surface area contributed by atoms with Crippen molar-refractivity contribution in [2.45, 2.75) is 26.2 Å². The monoisotopic (exact) mass is 301 g/mol. The normalized spacial score (nSPS) is 18.9. The van der Waals surface area contributed by atoms with Gasteiger partial charge in [0.05, 0.1) is 6.61 Å². The third-order valence-electron chi connectivity index (χ3n) is 3.28. The van der Waals surface area contributed by atoms with Gasteiger partial charge < -0.3 is 4.74 Å². The lowest BCUT2D eigenvalue weighted by Crippen LogP contribution is -2.12. The number of hydrogen-bond donors (Lipinski definition) is 0. The van der Waals surface area contributed by atoms with E-state index in [-0.39, 0.29) is 23.7 Å². The van der Waals surface area contributed by atoms with Crippen LogP contribution in [0.1, 0.15) is 26.2 Å². The zero-order valence-electron chi connectivity index (χ0n) is 12.0. The standard InChI is InChI=1S/C15H15N3O2S/c1-3-20-15(19)13(9-18)11-5-4-6-12(11)14(21-2)10(7-16)8-17/h12H,3-6H2,1-2H3. The molecule has 1 saturated carbocycles. The molecule has 0 spiro atoms. The van der Waals surface area contributed by atoms with Gasteiger partial charge in [-0.3, -0.25) is 0 Å². The molecule has 0 N–H and O–H groups in total. The summed E-state index contributed by atoms with van der Waals surface area (Å²) in [6.07, 6.45) is 3.94. The molecule has 21 heavy (non-hydrogen) atoms. The van der Waals surface area contributed by atoms with Crippen LogP contribution in [0.15, 0.2) is 21.6 Å². The molecule has 1 aliphatic rings. The summed E-state index contributed by atoms with van der Waals surface area (Å²) in [5.41, 5.74) is 0.748. The van der Waals surface area contributed by atoms with Gasteiger partial charge in [0, 0.05) is 10.8 Å². The highest BCUT2D eigenvalue weighted by Gasteiger charge is 2.31. The Hall–Kier alpha value is -2.23. The van der Waals surface area contributed by atoms with Crippen molar-refractivity contribution in [3.8, 4) is 18.2 Å². The summed E-state index contributed by atoms with van der Waals surface area (Å²) in [6, 6.07) is 5.69. The molecule has 108 valence electrons. The molecule has 0 aromatic rings. The number of hydrogen-bond acceptors (Lipinski definition) is 6. The average molecular weight is 301 g/mol. The van der Waals surface area contributed by atoms with Crippen LogP contribution in [-0.4, -0.2) is 18.8 Å². The van der Waals surface area contributed by atoms with Crippen LogP contribution in [0.3, 0.4) is 0 Å². The number of ether oxygens (including phenoxy) is 1. The maximum atomic E-state index is 11.9. The van der Waals surface area contributed by atoms with Gasteiger partial charge in [0.2, 0.25) is 0 Å². The van der Waals surface area contributed by atoms with Crippen LogP contribution in [0.25, 0.3) is 0 Å². The molecular weight excluding hydrogens is 286 g/mol. The number of thioether (sulfide) groups is 1. The lowest BCUT2D eigenvalue weighted by molar-refractivity contribution is -0.138. The van der Waals surface area contributed by atoms with E-state index in [1.54, 1.807) is 13.2 Å². The highest BCUT2D eigenvalue weighted by atomic mass is 32.2. The Balaban J connectivity index is 3.35. The Labute approximate surface area is 128 Å². The molecule has 0 aromatic heterocycles. The molecule has 0 aliphatic heterocycles. The quantitative estimate of drug-likeness (QED) is 0.450. The number of rotatable bonds is 4. The van der Waals surface area contributed by atoms with Crippen LogP contribution in [0.4, 0.5) is 0 Å². The topological polar surface area (TPSA) is 97.7 Å². The molecular formula is C15H15N3O2S. The second-order valence-electron chi connectivity index (χ2n) is 4.34. The number of allylic oxidation sites excluding steroid dienone is 3. The molecule has 0 heterocycles. The number of carbonyl (C=O) groups excluding carboxylic acids is 1. The summed E-state index contributed by atoms with van der Waals surface area (Å²) >= 11 is 1.32. The van der Waals surface area contributed by atoms with Crippen LogP contribution < -0.4 is 0 Å². The molecule has 5 nitrogen and oxygen atoms in total. The van der Waals surface area contributed by atoms with Gasteiger partial charge in [-0.25, -0.2) is 4.79 Å². The summed E-state index contributed by atoms with van der Waals surface area (Å²) in [5, 5.41) is 27.3. The van der Waals surface area contributed by atoms with Crippen LogP contribution in [0.2, 0.25) is 0 Å². The van der Waals surface area contributed by atoms with E-state index in [4.69, 9.17) is 15.3 Å². The van der Waals surface area contributed by atoms with Crippen LogP contribution >= 0.6 is 11.8 Å². The van der Waals surface area contributed by atoms with Crippen LogP contribution in [0.5, 0.6) is 0 Å². The largest absolute Gasteiger partial charge is 0.462 e. The van der Waals surface area contributed by atoms with Crippen molar-refractivity contribution in [1.29, 1.82) is 15.8 Å². The minimum absolute atomic E-state index is 0.0149. The second kappa shape index (κ2) is 8.15. The number of esters is 1. The van der Waals surface area contributed by atoms with Crippen molar-refractivity contribution in [2.75, 3.05) is 12.9 Å². The van der Waals surface area contributed by atoms with Crippen molar-refractivity contribution in [3.63, 3.8) is 0 Å². The minimum atomic E-state index is -0.627. The van der Waals surface area contributed by atoms with Gasteiger partial charge >= 0.3 is 5.97 Å². The fourth-order valence-corrected chi connectivity index (χ4v) is 3.28. The number of carbonyl (C=O) groups is 1. The molecule has 0 saturated heterocycles. The first-order valence-corrected chi connectivity index (χ1v) is 7.75. The Morgan fingerprint density at radius 2 is 2.00 bits per heavy atom. The molecule has 0 amide bonds. The highest BCUT2D eigenvalue weighted by molar-refractivity contribution is 8.02. The van der Waals surface area contributed by atoms with E-state index in [2.05, 4.69) is 0 Å². The lowest BCUT2D eigenvalue weighted by Gasteiger charge is -2.16. The molecule has 1 atom stereocenters. The molecule has 1 aliphatic carbocycles. The predicted octanol–water partition coefficient (Wildman–Crippen LogP) is 2.83. The first kappa shape index (κ1) is 16.8. The number of nitrogens with zero attached hydrogens (tertiary/aromatic N) is 3. The Kier molecular flexibility index (Phi) is 6.53. The summed E-state index contributed by atoms with van der Waals surface area (Å²) in [6.45, 7) is 1.88. The molecule has 1 rings (SSSR count). The van der Waals surface area contributed by atoms with Crippen molar-refractivity contribution in [3.05, 3.63) is 21.6 Å². The highest BCUT2D eigenvalue weighted by Crippen LogP contribution is 2.43. The zero-order chi connectivity index (χ0) is 15.8. The molecule has 0 radical (unpaired) electrons. The van der Waals surface area contributed by atoms with E-state index in [9.17, 15) is 10.1 Å². The maximum Gasteiger partial charge on any atom is 0.348 e. The van der Waals surface area contributed by atoms with Crippen molar-refractivity contribution in [2.24, 2.45) is 5.92 Å². The second-order valence-corrected chi connectivity index (χ2v) is 5.19. The average Bonchev–Trinajstić information content (AvgIpc) is 2.94. The molecule has 0 aromatic carbocycles. The Bertz CT molecular complexity index is 598. The Morgan fingerprint density at radius 1 is 1.33 bits per heavy atom. The van der Waals surface area contributed by atoms with Gasteiger partial charge in [0.15, 0.2) is 0 Å². The fourth-order valence-electron chi connectivity index (χ4n) is 2.44. The summed E-state index contributed by atoms with van der Waals surface area (Å²) < 4.78 is 4.91. The van der Waals surface area contributed by atoms with E-state index < -0.39 is 5.97 Å². The minimum Gasteiger partial charge on any atom is -0.462 e. The van der Waals surface area contributed by atoms with Crippen molar-refractivity contribution < 1.29 is 9.53 Å². The summed E-state index contributed by atoms with van der Waals surface area (Å²) in [7, 11) is 0. The van der Waals surface area contributed by atoms with Gasteiger partial charge in [-0.15, -0.1) is 11.8 Å². The first-order chi connectivity index (χ1) is 10.1. The van der Waals surface area contributed by atoms with Crippen molar-refractivity contribution in [1.82, 2.24) is 0 Å². The first-order valence-electron chi connectivity index (χ1n) is 6.53.